The molecule has 2 amide bonds. The quantitative estimate of drug-likeness (QED) is 0.251. The van der Waals surface area contributed by atoms with Crippen molar-refractivity contribution in [2.45, 2.75) is 25.7 Å². The van der Waals surface area contributed by atoms with Gasteiger partial charge in [-0.1, -0.05) is 60.7 Å². The molecule has 8 heteroatoms. The van der Waals surface area contributed by atoms with Gasteiger partial charge in [-0.2, -0.15) is 0 Å². The molecule has 0 aliphatic rings. The fourth-order valence-corrected chi connectivity index (χ4v) is 2.94. The monoisotopic (exact) mass is 466 g/mol. The van der Waals surface area contributed by atoms with E-state index in [-0.39, 0.29) is 0 Å². The average molecular weight is 467 g/mol. The lowest BCUT2D eigenvalue weighted by atomic mass is 10.1. The zero-order valence-electron chi connectivity index (χ0n) is 19.0. The molecule has 34 heavy (non-hydrogen) atoms. The standard InChI is InChI=1S/C26H30N2O6/c29-23(27-17-7-13-21-9-3-1-4-10-21)19-33-25(31)15-16-26(32)34-20-24(30)28-18-8-14-22-11-5-2-6-12-22/h1-6,9-12,15-16H,7-8,13-14,17-20H2,(H,27,29)(H,28,30)/b16-15+. The zero-order chi connectivity index (χ0) is 24.4. The van der Waals surface area contributed by atoms with Crippen LogP contribution in [0.2, 0.25) is 0 Å². The van der Waals surface area contributed by atoms with Gasteiger partial charge in [-0.15, -0.1) is 0 Å². The van der Waals surface area contributed by atoms with Gasteiger partial charge in [0.05, 0.1) is 0 Å². The predicted molar refractivity (Wildman–Crippen MR) is 127 cm³/mol. The summed E-state index contributed by atoms with van der Waals surface area (Å²) in [5.41, 5.74) is 2.36. The lowest BCUT2D eigenvalue weighted by Gasteiger charge is -2.06. The van der Waals surface area contributed by atoms with E-state index in [2.05, 4.69) is 10.6 Å². The Bertz CT molecular complexity index is 867. The first-order valence-corrected chi connectivity index (χ1v) is 11.2. The molecule has 0 saturated heterocycles. The Morgan fingerprint density at radius 3 is 1.38 bits per heavy atom. The number of hydrogen-bond donors (Lipinski definition) is 2. The first-order valence-electron chi connectivity index (χ1n) is 11.2. The van der Waals surface area contributed by atoms with E-state index in [1.165, 1.54) is 11.1 Å². The topological polar surface area (TPSA) is 111 Å². The van der Waals surface area contributed by atoms with Crippen LogP contribution in [0.25, 0.3) is 0 Å². The number of nitrogens with one attached hydrogen (secondary N) is 2. The summed E-state index contributed by atoms with van der Waals surface area (Å²) >= 11 is 0. The maximum atomic E-state index is 11.7. The Balaban J connectivity index is 1.49. The highest BCUT2D eigenvalue weighted by molar-refractivity contribution is 5.93. The number of carbonyl (C=O) groups is 4. The Morgan fingerprint density at radius 1 is 0.618 bits per heavy atom. The van der Waals surface area contributed by atoms with Gasteiger partial charge < -0.3 is 20.1 Å². The summed E-state index contributed by atoms with van der Waals surface area (Å²) in [5.74, 6) is -2.58. The number of aryl methyl sites for hydroxylation is 2. The Morgan fingerprint density at radius 2 is 1.00 bits per heavy atom. The Labute approximate surface area is 199 Å². The van der Waals surface area contributed by atoms with Crippen LogP contribution in [0.15, 0.2) is 72.8 Å². The van der Waals surface area contributed by atoms with Crippen molar-refractivity contribution < 1.29 is 28.7 Å². The van der Waals surface area contributed by atoms with Crippen LogP contribution in [-0.2, 0) is 41.5 Å². The molecule has 180 valence electrons. The van der Waals surface area contributed by atoms with Crippen LogP contribution in [0.3, 0.4) is 0 Å². The molecule has 0 heterocycles. The summed E-state index contributed by atoms with van der Waals surface area (Å²) in [7, 11) is 0. The van der Waals surface area contributed by atoms with Crippen molar-refractivity contribution in [3.63, 3.8) is 0 Å². The number of carbonyl (C=O) groups excluding carboxylic acids is 4. The number of ether oxygens (including phenoxy) is 2. The van der Waals surface area contributed by atoms with Crippen LogP contribution in [0, 0.1) is 0 Å². The lowest BCUT2D eigenvalue weighted by molar-refractivity contribution is -0.145. The second kappa shape index (κ2) is 15.8. The van der Waals surface area contributed by atoms with Crippen molar-refractivity contribution in [3.05, 3.63) is 83.9 Å². The fourth-order valence-electron chi connectivity index (χ4n) is 2.94. The van der Waals surface area contributed by atoms with Gasteiger partial charge in [0.15, 0.2) is 13.2 Å². The molecule has 0 aliphatic carbocycles. The highest BCUT2D eigenvalue weighted by Gasteiger charge is 2.07. The minimum Gasteiger partial charge on any atom is -0.452 e. The van der Waals surface area contributed by atoms with Gasteiger partial charge in [0, 0.05) is 25.2 Å². The van der Waals surface area contributed by atoms with Crippen LogP contribution in [-0.4, -0.2) is 50.1 Å². The molecule has 2 aromatic carbocycles. The first-order chi connectivity index (χ1) is 16.5. The first kappa shape index (κ1) is 26.3. The summed E-state index contributed by atoms with van der Waals surface area (Å²) in [4.78, 5) is 46.7. The summed E-state index contributed by atoms with van der Waals surface area (Å²) in [6.07, 6.45) is 4.88. The molecule has 0 radical (unpaired) electrons. The summed E-state index contributed by atoms with van der Waals surface area (Å²) < 4.78 is 9.54. The third-order valence-corrected chi connectivity index (χ3v) is 4.66. The molecule has 0 unspecified atom stereocenters. The van der Waals surface area contributed by atoms with Gasteiger partial charge in [0.25, 0.3) is 11.8 Å². The van der Waals surface area contributed by atoms with E-state index in [1.54, 1.807) is 0 Å². The van der Waals surface area contributed by atoms with Gasteiger partial charge in [0.2, 0.25) is 0 Å². The number of benzene rings is 2. The smallest absolute Gasteiger partial charge is 0.331 e. The second-order valence-corrected chi connectivity index (χ2v) is 7.43. The third kappa shape index (κ3) is 12.2. The van der Waals surface area contributed by atoms with E-state index in [1.807, 2.05) is 60.7 Å². The van der Waals surface area contributed by atoms with Crippen molar-refractivity contribution in [3.8, 4) is 0 Å². The van der Waals surface area contributed by atoms with Crippen molar-refractivity contribution in [1.29, 1.82) is 0 Å². The van der Waals surface area contributed by atoms with Crippen molar-refractivity contribution in [1.82, 2.24) is 10.6 Å². The zero-order valence-corrected chi connectivity index (χ0v) is 19.0. The molecule has 2 aromatic rings. The average Bonchev–Trinajstić information content (AvgIpc) is 2.86. The number of rotatable bonds is 14. The SMILES string of the molecule is O=C(COC(=O)/C=C/C(=O)OCC(=O)NCCCc1ccccc1)NCCCc1ccccc1. The second-order valence-electron chi connectivity index (χ2n) is 7.43. The van der Waals surface area contributed by atoms with Gasteiger partial charge in [0.1, 0.15) is 0 Å². The van der Waals surface area contributed by atoms with Crippen LogP contribution in [0.5, 0.6) is 0 Å². The van der Waals surface area contributed by atoms with Gasteiger partial charge >= 0.3 is 11.9 Å². The van der Waals surface area contributed by atoms with Gasteiger partial charge in [-0.25, -0.2) is 9.59 Å². The van der Waals surface area contributed by atoms with Gasteiger partial charge in [-0.05, 0) is 36.8 Å². The lowest BCUT2D eigenvalue weighted by Crippen LogP contribution is -2.30. The molecular weight excluding hydrogens is 436 g/mol. The molecule has 0 atom stereocenters. The highest BCUT2D eigenvalue weighted by Crippen LogP contribution is 2.02. The number of esters is 2. The fraction of sp³-hybridized carbons (Fsp3) is 0.308. The summed E-state index contributed by atoms with van der Waals surface area (Å²) in [6.45, 7) is 0.0212. The third-order valence-electron chi connectivity index (χ3n) is 4.66. The minimum atomic E-state index is -0.859. The largest absolute Gasteiger partial charge is 0.452 e. The molecule has 0 spiro atoms. The molecule has 0 aromatic heterocycles. The highest BCUT2D eigenvalue weighted by atomic mass is 16.5. The Kier molecular flexibility index (Phi) is 12.2. The normalized spacial score (nSPS) is 10.5. The van der Waals surface area contributed by atoms with E-state index in [0.717, 1.165) is 37.8 Å². The molecule has 0 bridgehead atoms. The minimum absolute atomic E-state index is 0.429. The molecular formula is C26H30N2O6. The van der Waals surface area contributed by atoms with E-state index >= 15 is 0 Å². The van der Waals surface area contributed by atoms with E-state index in [4.69, 9.17) is 9.47 Å². The predicted octanol–water partition coefficient (Wildman–Crippen LogP) is 2.13. The number of hydrogen-bond acceptors (Lipinski definition) is 6. The maximum absolute atomic E-state index is 11.7. The Hall–Kier alpha value is -3.94. The van der Waals surface area contributed by atoms with Crippen molar-refractivity contribution in [2.75, 3.05) is 26.3 Å². The molecule has 2 N–H and O–H groups in total. The van der Waals surface area contributed by atoms with Crippen molar-refractivity contribution >= 4 is 23.8 Å². The van der Waals surface area contributed by atoms with Crippen LogP contribution < -0.4 is 10.6 Å². The van der Waals surface area contributed by atoms with E-state index in [9.17, 15) is 19.2 Å². The molecule has 8 nitrogen and oxygen atoms in total. The molecule has 0 fully saturated rings. The number of amides is 2. The van der Waals surface area contributed by atoms with Crippen LogP contribution >= 0.6 is 0 Å². The van der Waals surface area contributed by atoms with Gasteiger partial charge in [-0.3, -0.25) is 9.59 Å². The van der Waals surface area contributed by atoms with E-state index in [0.29, 0.717) is 13.1 Å². The van der Waals surface area contributed by atoms with Crippen LogP contribution in [0.4, 0.5) is 0 Å². The molecule has 2 rings (SSSR count). The van der Waals surface area contributed by atoms with Crippen LogP contribution in [0.1, 0.15) is 24.0 Å². The molecule has 0 aliphatic heterocycles. The van der Waals surface area contributed by atoms with Crippen molar-refractivity contribution in [2.24, 2.45) is 0 Å². The summed E-state index contributed by atoms with van der Waals surface area (Å²) in [6, 6.07) is 19.8. The molecule has 0 saturated carbocycles. The maximum Gasteiger partial charge on any atom is 0.331 e. The van der Waals surface area contributed by atoms with E-state index < -0.39 is 37.0 Å². The summed E-state index contributed by atoms with van der Waals surface area (Å²) in [5, 5.41) is 5.32.